The highest BCUT2D eigenvalue weighted by Crippen LogP contribution is 2.24. The number of hydrogen-bond donors (Lipinski definition) is 1. The summed E-state index contributed by atoms with van der Waals surface area (Å²) in [6.45, 7) is -0.0434. The lowest BCUT2D eigenvalue weighted by Crippen LogP contribution is -2.10. The van der Waals surface area contributed by atoms with E-state index in [0.29, 0.717) is 10.4 Å². The van der Waals surface area contributed by atoms with Crippen molar-refractivity contribution >= 4 is 21.9 Å². The van der Waals surface area contributed by atoms with E-state index in [1.807, 2.05) is 0 Å². The zero-order chi connectivity index (χ0) is 12.9. The van der Waals surface area contributed by atoms with Gasteiger partial charge in [-0.3, -0.25) is 0 Å². The lowest BCUT2D eigenvalue weighted by atomic mass is 10.3. The molecule has 0 aromatic carbocycles. The van der Waals surface area contributed by atoms with Gasteiger partial charge < -0.3 is 10.1 Å². The third-order valence-corrected chi connectivity index (χ3v) is 2.32. The van der Waals surface area contributed by atoms with Gasteiger partial charge in [0, 0.05) is 13.5 Å². The van der Waals surface area contributed by atoms with Crippen molar-refractivity contribution in [1.82, 2.24) is 9.97 Å². The molecule has 0 spiro atoms. The molecular formula is C9H11BrF3N3O. The number of ether oxygens (including phenoxy) is 1. The van der Waals surface area contributed by atoms with Gasteiger partial charge in [-0.05, 0) is 22.4 Å². The van der Waals surface area contributed by atoms with E-state index < -0.39 is 12.6 Å². The van der Waals surface area contributed by atoms with Crippen LogP contribution in [0.2, 0.25) is 0 Å². The number of alkyl halides is 3. The molecule has 96 valence electrons. The maximum atomic E-state index is 11.9. The van der Waals surface area contributed by atoms with E-state index in [1.54, 1.807) is 7.05 Å². The van der Waals surface area contributed by atoms with Gasteiger partial charge in [0.05, 0.1) is 17.3 Å². The molecule has 0 unspecified atom stereocenters. The molecule has 17 heavy (non-hydrogen) atoms. The second-order valence-electron chi connectivity index (χ2n) is 3.16. The van der Waals surface area contributed by atoms with Crippen LogP contribution < -0.4 is 10.1 Å². The van der Waals surface area contributed by atoms with Crippen molar-refractivity contribution in [1.29, 1.82) is 0 Å². The van der Waals surface area contributed by atoms with Crippen molar-refractivity contribution in [3.05, 3.63) is 10.7 Å². The molecule has 1 aromatic heterocycles. The first-order valence-corrected chi connectivity index (χ1v) is 5.61. The summed E-state index contributed by atoms with van der Waals surface area (Å²) >= 11 is 3.15. The first kappa shape index (κ1) is 14.0. The van der Waals surface area contributed by atoms with E-state index in [0.717, 1.165) is 0 Å². The maximum absolute atomic E-state index is 11.9. The van der Waals surface area contributed by atoms with Gasteiger partial charge >= 0.3 is 6.18 Å². The number of nitrogens with zero attached hydrogens (tertiary/aromatic N) is 2. The van der Waals surface area contributed by atoms with Crippen molar-refractivity contribution in [3.63, 3.8) is 0 Å². The minimum absolute atomic E-state index is 0.0434. The van der Waals surface area contributed by atoms with Gasteiger partial charge in [0.15, 0.2) is 0 Å². The van der Waals surface area contributed by atoms with Crippen molar-refractivity contribution in [2.45, 2.75) is 19.0 Å². The summed E-state index contributed by atoms with van der Waals surface area (Å²) in [4.78, 5) is 7.85. The van der Waals surface area contributed by atoms with Crippen molar-refractivity contribution in [3.8, 4) is 5.88 Å². The van der Waals surface area contributed by atoms with Crippen LogP contribution in [0.1, 0.15) is 12.8 Å². The fraction of sp³-hybridized carbons (Fsp3) is 0.556. The maximum Gasteiger partial charge on any atom is 0.389 e. The summed E-state index contributed by atoms with van der Waals surface area (Å²) in [7, 11) is 1.64. The van der Waals surface area contributed by atoms with Crippen LogP contribution in [-0.2, 0) is 0 Å². The fourth-order valence-corrected chi connectivity index (χ4v) is 1.32. The summed E-state index contributed by atoms with van der Waals surface area (Å²) in [5.74, 6) is 0.575. The van der Waals surface area contributed by atoms with Crippen molar-refractivity contribution in [2.24, 2.45) is 0 Å². The van der Waals surface area contributed by atoms with Crippen LogP contribution in [0.5, 0.6) is 5.88 Å². The van der Waals surface area contributed by atoms with Crippen molar-refractivity contribution in [2.75, 3.05) is 19.0 Å². The second kappa shape index (κ2) is 6.04. The summed E-state index contributed by atoms with van der Waals surface area (Å²) in [6.07, 6.45) is -3.65. The van der Waals surface area contributed by atoms with Crippen LogP contribution in [0.15, 0.2) is 10.7 Å². The van der Waals surface area contributed by atoms with E-state index in [4.69, 9.17) is 4.74 Å². The van der Waals surface area contributed by atoms with Gasteiger partial charge in [-0.2, -0.15) is 18.2 Å². The Kier molecular flexibility index (Phi) is 4.98. The average molecular weight is 314 g/mol. The molecular weight excluding hydrogens is 303 g/mol. The molecule has 0 radical (unpaired) electrons. The van der Waals surface area contributed by atoms with Gasteiger partial charge in [-0.15, -0.1) is 0 Å². The number of rotatable bonds is 5. The Balaban J connectivity index is 2.46. The Morgan fingerprint density at radius 3 is 2.76 bits per heavy atom. The van der Waals surface area contributed by atoms with Crippen LogP contribution in [-0.4, -0.2) is 29.8 Å². The van der Waals surface area contributed by atoms with E-state index in [1.165, 1.54) is 6.20 Å². The smallest absolute Gasteiger partial charge is 0.389 e. The minimum atomic E-state index is -4.15. The molecule has 0 aliphatic carbocycles. The topological polar surface area (TPSA) is 47.0 Å². The Morgan fingerprint density at radius 1 is 1.47 bits per heavy atom. The van der Waals surface area contributed by atoms with Crippen LogP contribution in [0.4, 0.5) is 19.1 Å². The lowest BCUT2D eigenvalue weighted by molar-refractivity contribution is -0.136. The first-order chi connectivity index (χ1) is 7.92. The molecule has 0 atom stereocenters. The number of nitrogens with one attached hydrogen (secondary N) is 1. The molecule has 0 aliphatic heterocycles. The highest BCUT2D eigenvalue weighted by molar-refractivity contribution is 9.10. The molecule has 0 amide bonds. The normalized spacial score (nSPS) is 11.4. The molecule has 1 heterocycles. The quantitative estimate of drug-likeness (QED) is 0.849. The minimum Gasteiger partial charge on any atom is -0.477 e. The predicted molar refractivity (Wildman–Crippen MR) is 60.1 cm³/mol. The van der Waals surface area contributed by atoms with Crippen molar-refractivity contribution < 1.29 is 17.9 Å². The molecule has 1 aromatic rings. The van der Waals surface area contributed by atoms with E-state index in [-0.39, 0.29) is 18.9 Å². The zero-order valence-corrected chi connectivity index (χ0v) is 10.6. The summed E-state index contributed by atoms with van der Waals surface area (Å²) in [5, 5.41) is 2.71. The Labute approximate surface area is 105 Å². The predicted octanol–water partition coefficient (Wildman–Crippen LogP) is 3.00. The van der Waals surface area contributed by atoms with E-state index in [2.05, 4.69) is 31.2 Å². The number of hydrogen-bond acceptors (Lipinski definition) is 4. The molecule has 1 N–H and O–H groups in total. The van der Waals surface area contributed by atoms with Crippen LogP contribution in [0.25, 0.3) is 0 Å². The molecule has 1 rings (SSSR count). The molecule has 0 saturated carbocycles. The molecule has 0 aliphatic rings. The second-order valence-corrected chi connectivity index (χ2v) is 4.02. The highest BCUT2D eigenvalue weighted by atomic mass is 79.9. The Bertz CT molecular complexity index is 373. The largest absolute Gasteiger partial charge is 0.477 e. The third-order valence-electron chi connectivity index (χ3n) is 1.78. The van der Waals surface area contributed by atoms with Gasteiger partial charge in [0.1, 0.15) is 0 Å². The van der Waals surface area contributed by atoms with Gasteiger partial charge in [0.25, 0.3) is 0 Å². The van der Waals surface area contributed by atoms with Crippen LogP contribution in [0, 0.1) is 0 Å². The highest BCUT2D eigenvalue weighted by Gasteiger charge is 2.26. The Hall–Kier alpha value is -1.05. The summed E-state index contributed by atoms with van der Waals surface area (Å²) in [6, 6.07) is 0. The summed E-state index contributed by atoms with van der Waals surface area (Å²) in [5.41, 5.74) is 0. The monoisotopic (exact) mass is 313 g/mol. The zero-order valence-electron chi connectivity index (χ0n) is 9.01. The molecule has 0 bridgehead atoms. The summed E-state index contributed by atoms with van der Waals surface area (Å²) < 4.78 is 41.3. The van der Waals surface area contributed by atoms with Gasteiger partial charge in [-0.25, -0.2) is 4.98 Å². The van der Waals surface area contributed by atoms with Gasteiger partial charge in [0.2, 0.25) is 11.8 Å². The van der Waals surface area contributed by atoms with Crippen LogP contribution >= 0.6 is 15.9 Å². The molecule has 8 heteroatoms. The molecule has 4 nitrogen and oxygen atoms in total. The number of halogens is 4. The molecule has 0 fully saturated rings. The SMILES string of the molecule is CNc1ncc(Br)c(OCCCC(F)(F)F)n1. The fourth-order valence-electron chi connectivity index (χ4n) is 1.01. The lowest BCUT2D eigenvalue weighted by Gasteiger charge is -2.09. The molecule has 0 saturated heterocycles. The number of anilines is 1. The van der Waals surface area contributed by atoms with E-state index in [9.17, 15) is 13.2 Å². The van der Waals surface area contributed by atoms with Gasteiger partial charge in [-0.1, -0.05) is 0 Å². The standard InChI is InChI=1S/C9H11BrF3N3O/c1-14-8-15-5-6(10)7(16-8)17-4-2-3-9(11,12)13/h5H,2-4H2,1H3,(H,14,15,16). The Morgan fingerprint density at radius 2 is 2.18 bits per heavy atom. The average Bonchev–Trinajstić information content (AvgIpc) is 2.25. The number of aromatic nitrogens is 2. The first-order valence-electron chi connectivity index (χ1n) is 4.82. The van der Waals surface area contributed by atoms with Crippen LogP contribution in [0.3, 0.4) is 0 Å². The van der Waals surface area contributed by atoms with E-state index >= 15 is 0 Å². The third kappa shape index (κ3) is 5.20.